The van der Waals surface area contributed by atoms with Crippen LogP contribution in [0.2, 0.25) is 0 Å². The van der Waals surface area contributed by atoms with Crippen molar-refractivity contribution in [2.45, 2.75) is 50.7 Å². The number of likely N-dealkylation sites (tertiary alicyclic amines) is 2. The van der Waals surface area contributed by atoms with Gasteiger partial charge in [0.25, 0.3) is 0 Å². The lowest BCUT2D eigenvalue weighted by molar-refractivity contribution is 0.125. The Hall–Kier alpha value is -3.88. The van der Waals surface area contributed by atoms with Crippen molar-refractivity contribution in [2.75, 3.05) is 52.8 Å². The van der Waals surface area contributed by atoms with E-state index in [0.29, 0.717) is 12.1 Å². The summed E-state index contributed by atoms with van der Waals surface area (Å²) in [5.41, 5.74) is 3.17. The van der Waals surface area contributed by atoms with Crippen molar-refractivity contribution in [1.82, 2.24) is 20.0 Å². The molecule has 2 aliphatic rings. The summed E-state index contributed by atoms with van der Waals surface area (Å²) in [5, 5.41) is 15.1. The third-order valence-corrected chi connectivity index (χ3v) is 8.97. The zero-order chi connectivity index (χ0) is 29.6. The topological polar surface area (TPSA) is 72.0 Å². The molecule has 8 nitrogen and oxygen atoms in total. The smallest absolute Gasteiger partial charge is 0.156 e. The summed E-state index contributed by atoms with van der Waals surface area (Å²) in [5.74, 6) is 3.39. The molecule has 1 aromatic heterocycles. The van der Waals surface area contributed by atoms with Gasteiger partial charge >= 0.3 is 0 Å². The number of fused-ring (bicyclic) bond motifs is 1. The number of hydrogen-bond donors (Lipinski definition) is 1. The van der Waals surface area contributed by atoms with E-state index in [9.17, 15) is 0 Å². The van der Waals surface area contributed by atoms with Gasteiger partial charge < -0.3 is 24.4 Å². The average molecular weight is 582 g/mol. The van der Waals surface area contributed by atoms with E-state index in [4.69, 9.17) is 14.2 Å². The lowest BCUT2D eigenvalue weighted by atomic mass is 10.0. The summed E-state index contributed by atoms with van der Waals surface area (Å²) >= 11 is 0. The van der Waals surface area contributed by atoms with Crippen molar-refractivity contribution in [1.29, 1.82) is 0 Å². The van der Waals surface area contributed by atoms with Crippen molar-refractivity contribution in [3.63, 3.8) is 0 Å². The van der Waals surface area contributed by atoms with E-state index in [0.717, 1.165) is 84.2 Å². The van der Waals surface area contributed by atoms with Crippen LogP contribution in [0.25, 0.3) is 22.0 Å². The molecule has 8 heteroatoms. The van der Waals surface area contributed by atoms with Gasteiger partial charge in [0, 0.05) is 48.1 Å². The molecule has 6 rings (SSSR count). The molecule has 3 aromatic carbocycles. The summed E-state index contributed by atoms with van der Waals surface area (Å²) in [6.07, 6.45) is 5.92. The van der Waals surface area contributed by atoms with Gasteiger partial charge in [0.2, 0.25) is 0 Å². The Labute approximate surface area is 255 Å². The Morgan fingerprint density at radius 3 is 2.21 bits per heavy atom. The molecular weight excluding hydrogens is 538 g/mol. The minimum absolute atomic E-state index is 0.334. The van der Waals surface area contributed by atoms with Crippen molar-refractivity contribution in [3.8, 4) is 28.5 Å². The number of likely N-dealkylation sites (N-methyl/N-ethyl adjacent to an activating group) is 1. The molecule has 0 bridgehead atoms. The molecule has 43 heavy (non-hydrogen) atoms. The Kier molecular flexibility index (Phi) is 9.24. The van der Waals surface area contributed by atoms with E-state index < -0.39 is 0 Å². The molecule has 0 amide bonds. The van der Waals surface area contributed by atoms with Gasteiger partial charge in [0.15, 0.2) is 5.82 Å². The van der Waals surface area contributed by atoms with Crippen molar-refractivity contribution in [2.24, 2.45) is 0 Å². The number of nitrogens with one attached hydrogen (secondary N) is 1. The van der Waals surface area contributed by atoms with Crippen LogP contribution in [0.5, 0.6) is 17.2 Å². The van der Waals surface area contributed by atoms with Crippen LogP contribution >= 0.6 is 0 Å². The monoisotopic (exact) mass is 581 g/mol. The number of benzene rings is 3. The van der Waals surface area contributed by atoms with E-state index in [1.165, 1.54) is 31.4 Å². The standard InChI is InChI=1S/C35H43N5O3/c1-39-19-5-4-6-28(39)24-43-30-11-7-25(8-12-30)23-40-20-17-27(18-21-40)36-35-33-22-31(42-3)15-16-32(33)34(37-38-35)26-9-13-29(41-2)14-10-26/h7-16,22,27-28H,4-6,17-21,23-24H2,1-3H3,(H,36,38). The second-order valence-corrected chi connectivity index (χ2v) is 11.8. The molecule has 1 unspecified atom stereocenters. The van der Waals surface area contributed by atoms with Gasteiger partial charge in [-0.15, -0.1) is 10.2 Å². The van der Waals surface area contributed by atoms with E-state index in [-0.39, 0.29) is 0 Å². The van der Waals surface area contributed by atoms with Crippen LogP contribution < -0.4 is 19.5 Å². The lowest BCUT2D eigenvalue weighted by Crippen LogP contribution is -2.40. The van der Waals surface area contributed by atoms with E-state index in [2.05, 4.69) is 68.8 Å². The maximum Gasteiger partial charge on any atom is 0.156 e. The number of anilines is 1. The molecule has 0 saturated carbocycles. The van der Waals surface area contributed by atoms with Gasteiger partial charge in [-0.05, 0) is 99.4 Å². The van der Waals surface area contributed by atoms with Gasteiger partial charge in [-0.1, -0.05) is 18.6 Å². The Bertz CT molecular complexity index is 1490. The zero-order valence-corrected chi connectivity index (χ0v) is 25.6. The third kappa shape index (κ3) is 7.03. The Balaban J connectivity index is 1.06. The number of ether oxygens (including phenoxy) is 3. The minimum atomic E-state index is 0.334. The van der Waals surface area contributed by atoms with Crippen LogP contribution in [0, 0.1) is 0 Å². The number of piperidine rings is 2. The largest absolute Gasteiger partial charge is 0.497 e. The second-order valence-electron chi connectivity index (χ2n) is 11.8. The molecular formula is C35H43N5O3. The van der Waals surface area contributed by atoms with Crippen LogP contribution in [0.1, 0.15) is 37.7 Å². The first-order chi connectivity index (χ1) is 21.1. The van der Waals surface area contributed by atoms with Crippen molar-refractivity contribution in [3.05, 3.63) is 72.3 Å². The SMILES string of the molecule is COc1ccc(-c2nnc(NC3CCN(Cc4ccc(OCC5CCCCN5C)cc4)CC3)c3cc(OC)ccc23)cc1. The highest BCUT2D eigenvalue weighted by atomic mass is 16.5. The molecule has 2 fully saturated rings. The fourth-order valence-electron chi connectivity index (χ4n) is 6.25. The molecule has 0 radical (unpaired) electrons. The lowest BCUT2D eigenvalue weighted by Gasteiger charge is -2.33. The number of rotatable bonds is 10. The first-order valence-corrected chi connectivity index (χ1v) is 15.5. The summed E-state index contributed by atoms with van der Waals surface area (Å²) in [7, 11) is 5.58. The number of hydrogen-bond acceptors (Lipinski definition) is 8. The highest BCUT2D eigenvalue weighted by molar-refractivity contribution is 6.00. The van der Waals surface area contributed by atoms with Crippen molar-refractivity contribution >= 4 is 16.6 Å². The van der Waals surface area contributed by atoms with Gasteiger partial charge in [0.05, 0.1) is 14.2 Å². The van der Waals surface area contributed by atoms with Crippen LogP contribution in [-0.2, 0) is 6.54 Å². The number of aromatic nitrogens is 2. The summed E-state index contributed by atoms with van der Waals surface area (Å²) in [6, 6.07) is 23.6. The average Bonchev–Trinajstić information content (AvgIpc) is 3.06. The normalized spacial score (nSPS) is 18.4. The molecule has 1 N–H and O–H groups in total. The van der Waals surface area contributed by atoms with E-state index in [1.807, 2.05) is 30.3 Å². The van der Waals surface area contributed by atoms with Crippen LogP contribution in [-0.4, -0.2) is 79.6 Å². The maximum atomic E-state index is 6.13. The van der Waals surface area contributed by atoms with Gasteiger partial charge in [-0.2, -0.15) is 0 Å². The first-order valence-electron chi connectivity index (χ1n) is 15.5. The molecule has 1 atom stereocenters. The molecule has 0 spiro atoms. The molecule has 0 aliphatic carbocycles. The van der Waals surface area contributed by atoms with Crippen molar-refractivity contribution < 1.29 is 14.2 Å². The summed E-state index contributed by atoms with van der Waals surface area (Å²) < 4.78 is 17.0. The maximum absolute atomic E-state index is 6.13. The minimum Gasteiger partial charge on any atom is -0.497 e. The van der Waals surface area contributed by atoms with Crippen LogP contribution in [0.15, 0.2) is 66.7 Å². The Morgan fingerprint density at radius 2 is 1.49 bits per heavy atom. The highest BCUT2D eigenvalue weighted by Gasteiger charge is 2.22. The number of methoxy groups -OCH3 is 2. The summed E-state index contributed by atoms with van der Waals surface area (Å²) in [4.78, 5) is 4.96. The molecule has 3 heterocycles. The van der Waals surface area contributed by atoms with E-state index in [1.54, 1.807) is 14.2 Å². The van der Waals surface area contributed by atoms with Crippen LogP contribution in [0.3, 0.4) is 0 Å². The second kappa shape index (κ2) is 13.6. The molecule has 226 valence electrons. The number of nitrogens with zero attached hydrogens (tertiary/aromatic N) is 4. The summed E-state index contributed by atoms with van der Waals surface area (Å²) in [6.45, 7) is 4.96. The quantitative estimate of drug-likeness (QED) is 0.236. The van der Waals surface area contributed by atoms with Crippen LogP contribution in [0.4, 0.5) is 5.82 Å². The van der Waals surface area contributed by atoms with Gasteiger partial charge in [-0.25, -0.2) is 0 Å². The van der Waals surface area contributed by atoms with Gasteiger partial charge in [0.1, 0.15) is 29.5 Å². The fourth-order valence-corrected chi connectivity index (χ4v) is 6.25. The Morgan fingerprint density at radius 1 is 0.767 bits per heavy atom. The first kappa shape index (κ1) is 29.2. The molecule has 4 aromatic rings. The fraction of sp³-hybridized carbons (Fsp3) is 0.429. The predicted molar refractivity (Wildman–Crippen MR) is 172 cm³/mol. The van der Waals surface area contributed by atoms with E-state index >= 15 is 0 Å². The predicted octanol–water partition coefficient (Wildman–Crippen LogP) is 6.25. The zero-order valence-electron chi connectivity index (χ0n) is 25.6. The highest BCUT2D eigenvalue weighted by Crippen LogP contribution is 2.34. The van der Waals surface area contributed by atoms with Gasteiger partial charge in [-0.3, -0.25) is 4.90 Å². The molecule has 2 aliphatic heterocycles. The third-order valence-electron chi connectivity index (χ3n) is 8.97. The molecule has 2 saturated heterocycles.